The van der Waals surface area contributed by atoms with Gasteiger partial charge in [0.2, 0.25) is 5.91 Å². The second-order valence-corrected chi connectivity index (χ2v) is 3.25. The summed E-state index contributed by atoms with van der Waals surface area (Å²) in [5.41, 5.74) is 6.87. The second-order valence-electron chi connectivity index (χ2n) is 3.25. The lowest BCUT2D eigenvalue weighted by Gasteiger charge is -2.04. The zero-order chi connectivity index (χ0) is 11.4. The maximum absolute atomic E-state index is 10.7. The number of nitrogens with zero attached hydrogens (tertiary/aromatic N) is 2. The van der Waals surface area contributed by atoms with E-state index in [1.807, 2.05) is 35.0 Å². The van der Waals surface area contributed by atoms with E-state index >= 15 is 0 Å². The molecule has 80 valence electrons. The molecule has 0 aliphatic rings. The molecular formula is C12H11N3O. The molecule has 0 radical (unpaired) electrons. The van der Waals surface area contributed by atoms with Gasteiger partial charge in [-0.3, -0.25) is 9.78 Å². The summed E-state index contributed by atoms with van der Waals surface area (Å²) in [5.74, 6) is -0.459. The molecule has 0 aliphatic heterocycles. The fourth-order valence-electron chi connectivity index (χ4n) is 1.43. The monoisotopic (exact) mass is 213 g/mol. The Morgan fingerprint density at radius 3 is 2.94 bits per heavy atom. The van der Waals surface area contributed by atoms with Crippen molar-refractivity contribution in [1.82, 2.24) is 9.55 Å². The lowest BCUT2D eigenvalue weighted by molar-refractivity contribution is -0.113. The topological polar surface area (TPSA) is 60.9 Å². The summed E-state index contributed by atoms with van der Waals surface area (Å²) in [6, 6.07) is 7.59. The van der Waals surface area contributed by atoms with E-state index in [1.165, 1.54) is 6.08 Å². The normalized spacial score (nSPS) is 10.8. The van der Waals surface area contributed by atoms with Gasteiger partial charge in [0.1, 0.15) is 0 Å². The van der Waals surface area contributed by atoms with Crippen molar-refractivity contribution in [2.24, 2.45) is 5.73 Å². The van der Waals surface area contributed by atoms with Gasteiger partial charge < -0.3 is 10.3 Å². The van der Waals surface area contributed by atoms with Crippen molar-refractivity contribution in [3.8, 4) is 5.69 Å². The molecule has 0 aromatic carbocycles. The minimum absolute atomic E-state index is 0.459. The Bertz CT molecular complexity index is 514. The summed E-state index contributed by atoms with van der Waals surface area (Å²) in [5, 5.41) is 0. The summed E-state index contributed by atoms with van der Waals surface area (Å²) in [7, 11) is 0. The van der Waals surface area contributed by atoms with Gasteiger partial charge in [-0.2, -0.15) is 0 Å². The highest BCUT2D eigenvalue weighted by Gasteiger charge is 1.99. The molecule has 4 nitrogen and oxygen atoms in total. The standard InChI is InChI=1S/C12H11N3O/c13-12(16)6-5-10-4-2-8-15(10)11-3-1-7-14-9-11/h1-9H,(H2,13,16)/b6-5+. The molecule has 0 unspecified atom stereocenters. The Kier molecular flexibility index (Phi) is 2.82. The quantitative estimate of drug-likeness (QED) is 0.783. The van der Waals surface area contributed by atoms with Gasteiger partial charge in [0.25, 0.3) is 0 Å². The van der Waals surface area contributed by atoms with E-state index in [0.29, 0.717) is 0 Å². The molecule has 0 bridgehead atoms. The van der Waals surface area contributed by atoms with E-state index in [2.05, 4.69) is 4.98 Å². The van der Waals surface area contributed by atoms with Gasteiger partial charge in [0.05, 0.1) is 11.9 Å². The molecule has 0 saturated heterocycles. The molecule has 0 saturated carbocycles. The fraction of sp³-hybridized carbons (Fsp3) is 0. The van der Waals surface area contributed by atoms with Crippen LogP contribution in [0.25, 0.3) is 11.8 Å². The van der Waals surface area contributed by atoms with Gasteiger partial charge >= 0.3 is 0 Å². The van der Waals surface area contributed by atoms with Crippen LogP contribution in [-0.4, -0.2) is 15.5 Å². The predicted octanol–water partition coefficient (Wildman–Crippen LogP) is 1.37. The van der Waals surface area contributed by atoms with Gasteiger partial charge in [-0.1, -0.05) is 0 Å². The number of carbonyl (C=O) groups excluding carboxylic acids is 1. The van der Waals surface area contributed by atoms with Crippen LogP contribution in [0.2, 0.25) is 0 Å². The van der Waals surface area contributed by atoms with Crippen LogP contribution in [-0.2, 0) is 4.79 Å². The number of aromatic nitrogens is 2. The van der Waals surface area contributed by atoms with Gasteiger partial charge in [0, 0.05) is 24.2 Å². The molecule has 2 N–H and O–H groups in total. The number of nitrogens with two attached hydrogens (primary N) is 1. The smallest absolute Gasteiger partial charge is 0.241 e. The van der Waals surface area contributed by atoms with E-state index in [9.17, 15) is 4.79 Å². The summed E-state index contributed by atoms with van der Waals surface area (Å²) >= 11 is 0. The summed E-state index contributed by atoms with van der Waals surface area (Å²) in [4.78, 5) is 14.7. The van der Waals surface area contributed by atoms with Crippen molar-refractivity contribution in [3.05, 3.63) is 54.6 Å². The summed E-state index contributed by atoms with van der Waals surface area (Å²) < 4.78 is 1.92. The van der Waals surface area contributed by atoms with Crippen molar-refractivity contribution < 1.29 is 4.79 Å². The van der Waals surface area contributed by atoms with Crippen LogP contribution in [0.1, 0.15) is 5.69 Å². The Morgan fingerprint density at radius 2 is 2.25 bits per heavy atom. The first-order valence-electron chi connectivity index (χ1n) is 4.82. The molecule has 2 aromatic heterocycles. The fourth-order valence-corrected chi connectivity index (χ4v) is 1.43. The molecule has 0 fully saturated rings. The number of primary amides is 1. The number of pyridine rings is 1. The van der Waals surface area contributed by atoms with Crippen molar-refractivity contribution in [2.45, 2.75) is 0 Å². The number of hydrogen-bond acceptors (Lipinski definition) is 2. The number of hydrogen-bond donors (Lipinski definition) is 1. The van der Waals surface area contributed by atoms with Crippen molar-refractivity contribution >= 4 is 12.0 Å². The van der Waals surface area contributed by atoms with E-state index in [0.717, 1.165) is 11.4 Å². The Hall–Kier alpha value is -2.36. The Balaban J connectivity index is 2.37. The molecule has 0 aliphatic carbocycles. The van der Waals surface area contributed by atoms with E-state index in [1.54, 1.807) is 18.5 Å². The molecule has 2 rings (SSSR count). The highest BCUT2D eigenvalue weighted by Crippen LogP contribution is 2.12. The molecular weight excluding hydrogens is 202 g/mol. The minimum atomic E-state index is -0.459. The third kappa shape index (κ3) is 2.17. The van der Waals surface area contributed by atoms with Gasteiger partial charge in [-0.15, -0.1) is 0 Å². The van der Waals surface area contributed by atoms with Crippen molar-refractivity contribution in [3.63, 3.8) is 0 Å². The Labute approximate surface area is 93.0 Å². The SMILES string of the molecule is NC(=O)/C=C/c1cccn1-c1cccnc1. The zero-order valence-corrected chi connectivity index (χ0v) is 8.58. The van der Waals surface area contributed by atoms with Crippen LogP contribution in [0.15, 0.2) is 48.9 Å². The van der Waals surface area contributed by atoms with Crippen LogP contribution in [0, 0.1) is 0 Å². The van der Waals surface area contributed by atoms with Gasteiger partial charge in [0.15, 0.2) is 0 Å². The van der Waals surface area contributed by atoms with Crippen LogP contribution in [0.5, 0.6) is 0 Å². The third-order valence-corrected chi connectivity index (χ3v) is 2.12. The number of rotatable bonds is 3. The van der Waals surface area contributed by atoms with E-state index < -0.39 is 5.91 Å². The van der Waals surface area contributed by atoms with Crippen LogP contribution >= 0.6 is 0 Å². The highest BCUT2D eigenvalue weighted by atomic mass is 16.1. The van der Waals surface area contributed by atoms with E-state index in [4.69, 9.17) is 5.73 Å². The maximum atomic E-state index is 10.7. The highest BCUT2D eigenvalue weighted by molar-refractivity contribution is 5.90. The largest absolute Gasteiger partial charge is 0.366 e. The molecule has 0 spiro atoms. The van der Waals surface area contributed by atoms with Crippen LogP contribution < -0.4 is 5.73 Å². The number of carbonyl (C=O) groups is 1. The third-order valence-electron chi connectivity index (χ3n) is 2.12. The van der Waals surface area contributed by atoms with Crippen molar-refractivity contribution in [2.75, 3.05) is 0 Å². The average molecular weight is 213 g/mol. The van der Waals surface area contributed by atoms with Crippen LogP contribution in [0.4, 0.5) is 0 Å². The first-order chi connectivity index (χ1) is 7.77. The van der Waals surface area contributed by atoms with Gasteiger partial charge in [-0.05, 0) is 30.3 Å². The van der Waals surface area contributed by atoms with Crippen molar-refractivity contribution in [1.29, 1.82) is 0 Å². The average Bonchev–Trinajstić information content (AvgIpc) is 2.75. The number of amides is 1. The van der Waals surface area contributed by atoms with Crippen LogP contribution in [0.3, 0.4) is 0 Å². The molecule has 4 heteroatoms. The molecule has 2 aromatic rings. The maximum Gasteiger partial charge on any atom is 0.241 e. The molecule has 1 amide bonds. The molecule has 0 atom stereocenters. The molecule has 16 heavy (non-hydrogen) atoms. The molecule has 2 heterocycles. The Morgan fingerprint density at radius 1 is 1.38 bits per heavy atom. The van der Waals surface area contributed by atoms with Gasteiger partial charge in [-0.25, -0.2) is 0 Å². The summed E-state index contributed by atoms with van der Waals surface area (Å²) in [6.07, 6.45) is 8.38. The minimum Gasteiger partial charge on any atom is -0.366 e. The van der Waals surface area contributed by atoms with E-state index in [-0.39, 0.29) is 0 Å². The lowest BCUT2D eigenvalue weighted by Crippen LogP contribution is -2.05. The first kappa shape index (κ1) is 10.2. The predicted molar refractivity (Wildman–Crippen MR) is 61.8 cm³/mol. The second kappa shape index (κ2) is 4.44. The first-order valence-corrected chi connectivity index (χ1v) is 4.82. The zero-order valence-electron chi connectivity index (χ0n) is 8.58. The summed E-state index contributed by atoms with van der Waals surface area (Å²) in [6.45, 7) is 0. The lowest BCUT2D eigenvalue weighted by atomic mass is 10.3.